The summed E-state index contributed by atoms with van der Waals surface area (Å²) < 4.78 is 4.63. The Labute approximate surface area is 119 Å². The van der Waals surface area contributed by atoms with Crippen molar-refractivity contribution in [2.75, 3.05) is 26.0 Å². The first kappa shape index (κ1) is 14.7. The molecule has 1 amide bonds. The SMILES string of the molecule is COC(=O)CSC1CCN(C(=O)CC2CCCC2)C1. The number of hydrogen-bond donors (Lipinski definition) is 0. The van der Waals surface area contributed by atoms with Gasteiger partial charge >= 0.3 is 5.97 Å². The Morgan fingerprint density at radius 1 is 1.26 bits per heavy atom. The number of thioether (sulfide) groups is 1. The Balaban J connectivity index is 1.68. The number of hydrogen-bond acceptors (Lipinski definition) is 4. The normalized spacial score (nSPS) is 23.8. The molecule has 1 aliphatic heterocycles. The summed E-state index contributed by atoms with van der Waals surface area (Å²) >= 11 is 1.61. The molecule has 2 rings (SSSR count). The van der Waals surface area contributed by atoms with E-state index >= 15 is 0 Å². The van der Waals surface area contributed by atoms with Gasteiger partial charge in [-0.15, -0.1) is 11.8 Å². The number of likely N-dealkylation sites (tertiary alicyclic amines) is 1. The maximum Gasteiger partial charge on any atom is 0.315 e. The van der Waals surface area contributed by atoms with Gasteiger partial charge in [-0.2, -0.15) is 0 Å². The number of amides is 1. The van der Waals surface area contributed by atoms with Crippen molar-refractivity contribution in [2.24, 2.45) is 5.92 Å². The number of carbonyl (C=O) groups is 2. The topological polar surface area (TPSA) is 46.6 Å². The van der Waals surface area contributed by atoms with Crippen LogP contribution in [-0.2, 0) is 14.3 Å². The molecule has 2 aliphatic rings. The predicted molar refractivity (Wildman–Crippen MR) is 76.0 cm³/mol. The molecule has 0 radical (unpaired) electrons. The minimum Gasteiger partial charge on any atom is -0.468 e. The molecule has 108 valence electrons. The number of ether oxygens (including phenoxy) is 1. The first-order valence-corrected chi connectivity index (χ1v) is 8.20. The van der Waals surface area contributed by atoms with Crippen LogP contribution >= 0.6 is 11.8 Å². The van der Waals surface area contributed by atoms with Gasteiger partial charge in [0.1, 0.15) is 0 Å². The zero-order valence-corrected chi connectivity index (χ0v) is 12.4. The number of rotatable bonds is 5. The summed E-state index contributed by atoms with van der Waals surface area (Å²) in [6.45, 7) is 1.65. The molecule has 1 unspecified atom stereocenters. The molecule has 1 atom stereocenters. The molecule has 1 heterocycles. The minimum absolute atomic E-state index is 0.180. The van der Waals surface area contributed by atoms with Crippen LogP contribution in [0.4, 0.5) is 0 Å². The van der Waals surface area contributed by atoms with Crippen LogP contribution in [0.3, 0.4) is 0 Å². The van der Waals surface area contributed by atoms with Crippen molar-refractivity contribution < 1.29 is 14.3 Å². The van der Waals surface area contributed by atoms with E-state index in [2.05, 4.69) is 4.74 Å². The van der Waals surface area contributed by atoms with Crippen molar-refractivity contribution in [3.63, 3.8) is 0 Å². The van der Waals surface area contributed by atoms with Gasteiger partial charge in [-0.3, -0.25) is 9.59 Å². The monoisotopic (exact) mass is 285 g/mol. The quantitative estimate of drug-likeness (QED) is 0.726. The van der Waals surface area contributed by atoms with Crippen LogP contribution in [0.25, 0.3) is 0 Å². The van der Waals surface area contributed by atoms with Gasteiger partial charge in [0.05, 0.1) is 12.9 Å². The van der Waals surface area contributed by atoms with Crippen molar-refractivity contribution in [1.82, 2.24) is 4.90 Å². The van der Waals surface area contributed by atoms with Gasteiger partial charge in [0, 0.05) is 24.8 Å². The second kappa shape index (κ2) is 7.17. The van der Waals surface area contributed by atoms with E-state index in [0.717, 1.165) is 25.9 Å². The third-order valence-electron chi connectivity index (χ3n) is 4.10. The van der Waals surface area contributed by atoms with E-state index in [-0.39, 0.29) is 5.97 Å². The molecule has 0 aromatic rings. The average molecular weight is 285 g/mol. The Morgan fingerprint density at radius 3 is 2.68 bits per heavy atom. The maximum atomic E-state index is 12.2. The summed E-state index contributed by atoms with van der Waals surface area (Å²) in [5.74, 6) is 1.15. The molecule has 5 heteroatoms. The van der Waals surface area contributed by atoms with E-state index in [1.165, 1.54) is 32.8 Å². The van der Waals surface area contributed by atoms with E-state index in [9.17, 15) is 9.59 Å². The summed E-state index contributed by atoms with van der Waals surface area (Å²) in [7, 11) is 1.41. The zero-order valence-electron chi connectivity index (χ0n) is 11.6. The highest BCUT2D eigenvalue weighted by Gasteiger charge is 2.29. The van der Waals surface area contributed by atoms with E-state index < -0.39 is 0 Å². The Morgan fingerprint density at radius 2 is 2.00 bits per heavy atom. The second-order valence-corrected chi connectivity index (χ2v) is 6.78. The van der Waals surface area contributed by atoms with Crippen LogP contribution in [0.2, 0.25) is 0 Å². The summed E-state index contributed by atoms with van der Waals surface area (Å²) in [6.07, 6.45) is 6.75. The standard InChI is InChI=1S/C14H23NO3S/c1-18-14(17)10-19-12-6-7-15(9-12)13(16)8-11-4-2-3-5-11/h11-12H,2-10H2,1H3. The van der Waals surface area contributed by atoms with Crippen molar-refractivity contribution in [2.45, 2.75) is 43.8 Å². The average Bonchev–Trinajstić information content (AvgIpc) is 3.06. The molecule has 1 saturated carbocycles. The minimum atomic E-state index is -0.180. The van der Waals surface area contributed by atoms with Crippen molar-refractivity contribution >= 4 is 23.6 Å². The van der Waals surface area contributed by atoms with E-state index in [0.29, 0.717) is 22.8 Å². The molecule has 0 aromatic heterocycles. The molecule has 0 spiro atoms. The molecular formula is C14H23NO3S. The molecule has 2 fully saturated rings. The molecule has 1 aliphatic carbocycles. The lowest BCUT2D eigenvalue weighted by Crippen LogP contribution is -2.30. The predicted octanol–water partition coefficient (Wildman–Crippen LogP) is 2.07. The van der Waals surface area contributed by atoms with Crippen molar-refractivity contribution in [1.29, 1.82) is 0 Å². The van der Waals surface area contributed by atoms with Crippen LogP contribution in [0.5, 0.6) is 0 Å². The van der Waals surface area contributed by atoms with Gasteiger partial charge in [-0.1, -0.05) is 12.8 Å². The third kappa shape index (κ3) is 4.41. The van der Waals surface area contributed by atoms with Crippen LogP contribution < -0.4 is 0 Å². The van der Waals surface area contributed by atoms with Crippen LogP contribution in [0.1, 0.15) is 38.5 Å². The molecular weight excluding hydrogens is 262 g/mol. The molecule has 0 bridgehead atoms. The number of nitrogens with zero attached hydrogens (tertiary/aromatic N) is 1. The zero-order chi connectivity index (χ0) is 13.7. The van der Waals surface area contributed by atoms with E-state index in [1.807, 2.05) is 4.90 Å². The van der Waals surface area contributed by atoms with Gasteiger partial charge in [0.2, 0.25) is 5.91 Å². The fourth-order valence-electron chi connectivity index (χ4n) is 2.93. The fraction of sp³-hybridized carbons (Fsp3) is 0.857. The van der Waals surface area contributed by atoms with Crippen molar-refractivity contribution in [3.05, 3.63) is 0 Å². The summed E-state index contributed by atoms with van der Waals surface area (Å²) in [4.78, 5) is 25.2. The highest BCUT2D eigenvalue weighted by atomic mass is 32.2. The van der Waals surface area contributed by atoms with Gasteiger partial charge in [0.25, 0.3) is 0 Å². The summed E-state index contributed by atoms with van der Waals surface area (Å²) in [5, 5.41) is 0.395. The lowest BCUT2D eigenvalue weighted by atomic mass is 10.0. The van der Waals surface area contributed by atoms with Gasteiger partial charge in [-0.25, -0.2) is 0 Å². The Kier molecular flexibility index (Phi) is 5.55. The third-order valence-corrected chi connectivity index (χ3v) is 5.36. The first-order valence-electron chi connectivity index (χ1n) is 7.15. The van der Waals surface area contributed by atoms with Crippen LogP contribution in [-0.4, -0.2) is 48.0 Å². The number of carbonyl (C=O) groups excluding carboxylic acids is 2. The summed E-state index contributed by atoms with van der Waals surface area (Å²) in [6, 6.07) is 0. The fourth-order valence-corrected chi connectivity index (χ4v) is 3.97. The second-order valence-electron chi connectivity index (χ2n) is 5.49. The van der Waals surface area contributed by atoms with E-state index in [1.54, 1.807) is 11.8 Å². The van der Waals surface area contributed by atoms with Gasteiger partial charge < -0.3 is 9.64 Å². The molecule has 0 N–H and O–H groups in total. The lowest BCUT2D eigenvalue weighted by molar-refractivity contribution is -0.137. The smallest absolute Gasteiger partial charge is 0.315 e. The summed E-state index contributed by atoms with van der Waals surface area (Å²) in [5.41, 5.74) is 0. The van der Waals surface area contributed by atoms with Gasteiger partial charge in [0.15, 0.2) is 0 Å². The largest absolute Gasteiger partial charge is 0.468 e. The molecule has 1 saturated heterocycles. The molecule has 4 nitrogen and oxygen atoms in total. The molecule has 19 heavy (non-hydrogen) atoms. The lowest BCUT2D eigenvalue weighted by Gasteiger charge is -2.18. The number of esters is 1. The van der Waals surface area contributed by atoms with E-state index in [4.69, 9.17) is 0 Å². The highest BCUT2D eigenvalue weighted by Crippen LogP contribution is 2.29. The Hall–Kier alpha value is -0.710. The van der Waals surface area contributed by atoms with Crippen LogP contribution in [0.15, 0.2) is 0 Å². The maximum absolute atomic E-state index is 12.2. The first-order chi connectivity index (χ1) is 9.19. The molecule has 0 aromatic carbocycles. The number of methoxy groups -OCH3 is 1. The van der Waals surface area contributed by atoms with Crippen LogP contribution in [0, 0.1) is 5.92 Å². The van der Waals surface area contributed by atoms with Crippen molar-refractivity contribution in [3.8, 4) is 0 Å². The Bertz CT molecular complexity index is 329. The highest BCUT2D eigenvalue weighted by molar-refractivity contribution is 8.00. The van der Waals surface area contributed by atoms with Gasteiger partial charge in [-0.05, 0) is 25.2 Å².